The maximum absolute atomic E-state index is 12.4. The molecule has 27 heavy (non-hydrogen) atoms. The summed E-state index contributed by atoms with van der Waals surface area (Å²) in [4.78, 5) is 28.5. The number of likely N-dealkylation sites (tertiary alicyclic amines) is 2. The summed E-state index contributed by atoms with van der Waals surface area (Å²) in [6.45, 7) is 11.6. The molecule has 2 amide bonds. The monoisotopic (exact) mass is 375 g/mol. The number of nitrogens with zero attached hydrogens (tertiary/aromatic N) is 3. The van der Waals surface area contributed by atoms with Crippen molar-refractivity contribution in [2.75, 3.05) is 19.6 Å². The highest BCUT2D eigenvalue weighted by Gasteiger charge is 2.45. The van der Waals surface area contributed by atoms with Gasteiger partial charge in [-0.15, -0.1) is 0 Å². The molecule has 8 nitrogen and oxygen atoms in total. The van der Waals surface area contributed by atoms with Gasteiger partial charge >= 0.3 is 6.09 Å². The fraction of sp³-hybridized carbons (Fsp3) is 0.737. The van der Waals surface area contributed by atoms with Crippen LogP contribution in [0.5, 0.6) is 0 Å². The zero-order chi connectivity index (χ0) is 19.8. The van der Waals surface area contributed by atoms with E-state index in [1.807, 2.05) is 25.7 Å². The van der Waals surface area contributed by atoms with Gasteiger partial charge in [-0.1, -0.05) is 6.58 Å². The van der Waals surface area contributed by atoms with E-state index in [1.54, 1.807) is 0 Å². The number of hydrogen-bond donors (Lipinski definition) is 2. The summed E-state index contributed by atoms with van der Waals surface area (Å²) in [7, 11) is 0. The fourth-order valence-corrected chi connectivity index (χ4v) is 4.14. The number of nitriles is 1. The lowest BCUT2D eigenvalue weighted by Crippen LogP contribution is -2.55. The van der Waals surface area contributed by atoms with Gasteiger partial charge in [0, 0.05) is 31.4 Å². The van der Waals surface area contributed by atoms with Crippen molar-refractivity contribution in [3.05, 3.63) is 12.3 Å². The Kier molecular flexibility index (Phi) is 5.33. The Hall–Kier alpha value is -2.27. The molecule has 3 rings (SSSR count). The van der Waals surface area contributed by atoms with Crippen molar-refractivity contribution in [2.45, 2.75) is 69.8 Å². The molecule has 0 aromatic heterocycles. The predicted molar refractivity (Wildman–Crippen MR) is 99.5 cm³/mol. The molecule has 2 unspecified atom stereocenters. The Morgan fingerprint density at radius 3 is 2.85 bits per heavy atom. The van der Waals surface area contributed by atoms with Crippen LogP contribution in [-0.2, 0) is 9.53 Å². The van der Waals surface area contributed by atoms with Crippen molar-refractivity contribution in [3.8, 4) is 6.07 Å². The Morgan fingerprint density at radius 1 is 1.52 bits per heavy atom. The van der Waals surface area contributed by atoms with E-state index in [0.717, 1.165) is 32.4 Å². The van der Waals surface area contributed by atoms with Crippen LogP contribution >= 0.6 is 0 Å². The molecule has 8 heteroatoms. The third-order valence-corrected chi connectivity index (χ3v) is 5.33. The number of carbonyl (C=O) groups is 2. The number of carbonyl (C=O) groups excluding carboxylic acids is 2. The number of fused-ring (bicyclic) bond motifs is 2. The van der Waals surface area contributed by atoms with Crippen LogP contribution in [0, 0.1) is 11.3 Å². The van der Waals surface area contributed by atoms with Crippen molar-refractivity contribution in [1.29, 1.82) is 5.26 Å². The van der Waals surface area contributed by atoms with Crippen LogP contribution < -0.4 is 10.6 Å². The molecule has 3 heterocycles. The van der Waals surface area contributed by atoms with Gasteiger partial charge in [0.2, 0.25) is 5.91 Å². The topological polar surface area (TPSA) is 97.7 Å². The van der Waals surface area contributed by atoms with E-state index in [1.165, 1.54) is 0 Å². The molecule has 3 aliphatic rings. The third-order valence-electron chi connectivity index (χ3n) is 5.33. The first-order valence-electron chi connectivity index (χ1n) is 9.57. The van der Waals surface area contributed by atoms with Gasteiger partial charge in [-0.05, 0) is 40.0 Å². The van der Waals surface area contributed by atoms with Crippen molar-refractivity contribution in [2.24, 2.45) is 0 Å². The standard InChI is InChI=1S/C19H29N5O3/c1-12(24-7-5-6-14(24)9-20)15(22-18(26)27-19(2,3)4)11-23-10-13-8-16(23)17(25)21-13/h13-16H,1,5-8,10-11H2,2-4H3,(H,21,25)(H,22,26)/t13?,14?,15-,16-/m0/s1. The quantitative estimate of drug-likeness (QED) is 0.743. The molecule has 148 valence electrons. The lowest BCUT2D eigenvalue weighted by atomic mass is 10.1. The van der Waals surface area contributed by atoms with Crippen LogP contribution in [0.15, 0.2) is 12.3 Å². The van der Waals surface area contributed by atoms with Gasteiger partial charge in [0.15, 0.2) is 0 Å². The summed E-state index contributed by atoms with van der Waals surface area (Å²) in [6, 6.07) is 1.69. The lowest BCUT2D eigenvalue weighted by Gasteiger charge is -2.35. The minimum absolute atomic E-state index is 0.0453. The minimum Gasteiger partial charge on any atom is -0.444 e. The average Bonchev–Trinajstić information content (AvgIpc) is 3.25. The number of piperazine rings is 1. The molecule has 0 aromatic rings. The van der Waals surface area contributed by atoms with Crippen LogP contribution in [0.1, 0.15) is 40.0 Å². The summed E-state index contributed by atoms with van der Waals surface area (Å²) in [5.74, 6) is 0.0453. The molecule has 4 atom stereocenters. The predicted octanol–water partition coefficient (Wildman–Crippen LogP) is 0.954. The van der Waals surface area contributed by atoms with E-state index in [4.69, 9.17) is 4.74 Å². The summed E-state index contributed by atoms with van der Waals surface area (Å²) >= 11 is 0. The van der Waals surface area contributed by atoms with Crippen LogP contribution in [0.25, 0.3) is 0 Å². The number of hydrogen-bond acceptors (Lipinski definition) is 6. The second-order valence-corrected chi connectivity index (χ2v) is 8.58. The maximum Gasteiger partial charge on any atom is 0.408 e. The highest BCUT2D eigenvalue weighted by Crippen LogP contribution is 2.27. The fourth-order valence-electron chi connectivity index (χ4n) is 4.14. The largest absolute Gasteiger partial charge is 0.444 e. The van der Waals surface area contributed by atoms with Gasteiger partial charge in [0.25, 0.3) is 0 Å². The van der Waals surface area contributed by atoms with Crippen LogP contribution in [0.3, 0.4) is 0 Å². The molecule has 0 aromatic carbocycles. The Bertz CT molecular complexity index is 665. The number of rotatable bonds is 5. The first kappa shape index (κ1) is 19.5. The molecular weight excluding hydrogens is 346 g/mol. The van der Waals surface area contributed by atoms with Crippen LogP contribution in [-0.4, -0.2) is 71.2 Å². The van der Waals surface area contributed by atoms with E-state index in [9.17, 15) is 14.9 Å². The second-order valence-electron chi connectivity index (χ2n) is 8.58. The van der Waals surface area contributed by atoms with Gasteiger partial charge in [0.05, 0.1) is 18.2 Å². The zero-order valence-electron chi connectivity index (χ0n) is 16.3. The normalized spacial score (nSPS) is 28.6. The van der Waals surface area contributed by atoms with Gasteiger partial charge in [-0.2, -0.15) is 5.26 Å². The lowest BCUT2D eigenvalue weighted by molar-refractivity contribution is -0.125. The SMILES string of the molecule is C=C([C@H](CN1CC2C[C@H]1C(=O)N2)NC(=O)OC(C)(C)C)N1CCCC1C#N. The van der Waals surface area contributed by atoms with Crippen molar-refractivity contribution >= 4 is 12.0 Å². The number of nitrogens with one attached hydrogen (secondary N) is 2. The Morgan fingerprint density at radius 2 is 2.26 bits per heavy atom. The molecule has 0 saturated carbocycles. The van der Waals surface area contributed by atoms with E-state index in [2.05, 4.69) is 28.2 Å². The molecular formula is C19H29N5O3. The van der Waals surface area contributed by atoms with Gasteiger partial charge in [-0.25, -0.2) is 4.79 Å². The third kappa shape index (κ3) is 4.35. The molecule has 0 radical (unpaired) electrons. The highest BCUT2D eigenvalue weighted by molar-refractivity contribution is 5.85. The van der Waals surface area contributed by atoms with Crippen LogP contribution in [0.4, 0.5) is 4.79 Å². The molecule has 2 bridgehead atoms. The van der Waals surface area contributed by atoms with E-state index >= 15 is 0 Å². The summed E-state index contributed by atoms with van der Waals surface area (Å²) in [5.41, 5.74) is 0.0962. The number of amides is 2. The van der Waals surface area contributed by atoms with Crippen molar-refractivity contribution in [1.82, 2.24) is 20.4 Å². The highest BCUT2D eigenvalue weighted by atomic mass is 16.6. The summed E-state index contributed by atoms with van der Waals surface area (Å²) < 4.78 is 5.41. The molecule has 3 aliphatic heterocycles. The Balaban J connectivity index is 1.72. The first-order chi connectivity index (χ1) is 12.7. The second kappa shape index (κ2) is 7.39. The summed E-state index contributed by atoms with van der Waals surface area (Å²) in [5, 5.41) is 15.3. The van der Waals surface area contributed by atoms with Gasteiger partial charge in [0.1, 0.15) is 11.6 Å². The van der Waals surface area contributed by atoms with E-state index < -0.39 is 17.7 Å². The number of ether oxygens (including phenoxy) is 1. The Labute approximate surface area is 160 Å². The maximum atomic E-state index is 12.4. The molecule has 3 fully saturated rings. The first-order valence-corrected chi connectivity index (χ1v) is 9.57. The van der Waals surface area contributed by atoms with E-state index in [-0.39, 0.29) is 24.0 Å². The minimum atomic E-state index is -0.606. The van der Waals surface area contributed by atoms with Crippen molar-refractivity contribution < 1.29 is 14.3 Å². The van der Waals surface area contributed by atoms with Gasteiger partial charge < -0.3 is 20.3 Å². The molecule has 0 spiro atoms. The number of alkyl carbamates (subject to hydrolysis) is 1. The van der Waals surface area contributed by atoms with E-state index in [0.29, 0.717) is 12.2 Å². The molecule has 3 saturated heterocycles. The van der Waals surface area contributed by atoms with Crippen molar-refractivity contribution in [3.63, 3.8) is 0 Å². The smallest absolute Gasteiger partial charge is 0.408 e. The average molecular weight is 375 g/mol. The zero-order valence-corrected chi connectivity index (χ0v) is 16.3. The molecule has 2 N–H and O–H groups in total. The van der Waals surface area contributed by atoms with Crippen LogP contribution in [0.2, 0.25) is 0 Å². The molecule has 0 aliphatic carbocycles. The van der Waals surface area contributed by atoms with Gasteiger partial charge in [-0.3, -0.25) is 9.69 Å². The summed E-state index contributed by atoms with van der Waals surface area (Å²) in [6.07, 6.45) is 2.00.